The highest BCUT2D eigenvalue weighted by Crippen LogP contribution is 2.52. The van der Waals surface area contributed by atoms with Crippen LogP contribution in [-0.2, 0) is 12.8 Å². The van der Waals surface area contributed by atoms with Gasteiger partial charge in [0.05, 0.1) is 9.79 Å². The van der Waals surface area contributed by atoms with Crippen molar-refractivity contribution in [3.8, 4) is 11.5 Å². The van der Waals surface area contributed by atoms with Crippen LogP contribution in [0.5, 0.6) is 11.5 Å². The lowest BCUT2D eigenvalue weighted by atomic mass is 9.93. The maximum Gasteiger partial charge on any atom is 0.133 e. The number of aromatic hydroxyl groups is 2. The lowest BCUT2D eigenvalue weighted by molar-refractivity contribution is 0.446. The van der Waals surface area contributed by atoms with Gasteiger partial charge in [-0.25, -0.2) is 0 Å². The van der Waals surface area contributed by atoms with Crippen molar-refractivity contribution in [1.82, 2.24) is 0 Å². The minimum atomic E-state index is 0.349. The van der Waals surface area contributed by atoms with E-state index >= 15 is 0 Å². The molecule has 2 nitrogen and oxygen atoms in total. The summed E-state index contributed by atoms with van der Waals surface area (Å²) in [4.78, 5) is 1.83. The van der Waals surface area contributed by atoms with Crippen LogP contribution < -0.4 is 0 Å². The van der Waals surface area contributed by atoms with E-state index in [4.69, 9.17) is 0 Å². The van der Waals surface area contributed by atoms with Gasteiger partial charge in [-0.15, -0.1) is 0 Å². The Bertz CT molecular complexity index is 782. The first-order valence-corrected chi connectivity index (χ1v) is 15.1. The summed E-state index contributed by atoms with van der Waals surface area (Å²) in [6.45, 7) is 13.1. The largest absolute Gasteiger partial charge is 0.506 e. The molecule has 2 atom stereocenters. The highest BCUT2D eigenvalue weighted by Gasteiger charge is 2.18. The summed E-state index contributed by atoms with van der Waals surface area (Å²) in [7, 11) is 4.78. The number of aryl methyl sites for hydroxylation is 2. The normalized spacial score (nSPS) is 13.4. The molecule has 2 aromatic carbocycles. The molecule has 2 aromatic rings. The molecule has 0 spiro atoms. The van der Waals surface area contributed by atoms with Crippen molar-refractivity contribution in [2.24, 2.45) is 0 Å². The first-order valence-electron chi connectivity index (χ1n) is 11.6. The number of phenolic OH excluding ortho intramolecular Hbond substituents is 2. The minimum Gasteiger partial charge on any atom is -0.506 e. The number of benzene rings is 2. The molecule has 5 heteroatoms. The summed E-state index contributed by atoms with van der Waals surface area (Å²) < 4.78 is 0. The molecule has 0 saturated carbocycles. The topological polar surface area (TPSA) is 40.5 Å². The van der Waals surface area contributed by atoms with Crippen LogP contribution in [0.25, 0.3) is 0 Å². The fourth-order valence-electron chi connectivity index (χ4n) is 3.93. The van der Waals surface area contributed by atoms with Crippen molar-refractivity contribution in [3.05, 3.63) is 46.5 Å². The predicted octanol–water partition coefficient (Wildman–Crippen LogP) is 9.48. The summed E-state index contributed by atoms with van der Waals surface area (Å²) >= 11 is 0. The molecule has 0 bridgehead atoms. The third kappa shape index (κ3) is 7.03. The van der Waals surface area contributed by atoms with Gasteiger partial charge in [0.15, 0.2) is 0 Å². The molecule has 0 aromatic heterocycles. The molecule has 2 N–H and O–H groups in total. The maximum absolute atomic E-state index is 10.9. The van der Waals surface area contributed by atoms with Gasteiger partial charge in [0.1, 0.15) is 11.5 Å². The first-order chi connectivity index (χ1) is 14.9. The Morgan fingerprint density at radius 1 is 0.677 bits per heavy atom. The SMILES string of the molecule is CCCC(C)c1cc(CC)cc(SSSc2cc(CC)cc(C(C)CCC)c2O)c1O. The Morgan fingerprint density at radius 2 is 1.06 bits per heavy atom. The molecule has 0 radical (unpaired) electrons. The molecule has 0 amide bonds. The van der Waals surface area contributed by atoms with Crippen molar-refractivity contribution in [3.63, 3.8) is 0 Å². The van der Waals surface area contributed by atoms with Gasteiger partial charge in [-0.3, -0.25) is 0 Å². The third-order valence-corrected chi connectivity index (χ3v) is 9.73. The average Bonchev–Trinajstić information content (AvgIpc) is 2.76. The van der Waals surface area contributed by atoms with Gasteiger partial charge >= 0.3 is 0 Å². The van der Waals surface area contributed by atoms with E-state index in [0.717, 1.165) is 59.4 Å². The first kappa shape index (κ1) is 26.3. The van der Waals surface area contributed by atoms with Gasteiger partial charge in [-0.05, 0) is 103 Å². The maximum atomic E-state index is 10.9. The van der Waals surface area contributed by atoms with Gasteiger partial charge in [0, 0.05) is 0 Å². The second-order valence-electron chi connectivity index (χ2n) is 8.38. The number of phenols is 2. The van der Waals surface area contributed by atoms with Crippen LogP contribution in [0.3, 0.4) is 0 Å². The van der Waals surface area contributed by atoms with Gasteiger partial charge < -0.3 is 10.2 Å². The van der Waals surface area contributed by atoms with Crippen LogP contribution >= 0.6 is 31.4 Å². The van der Waals surface area contributed by atoms with Crippen molar-refractivity contribution in [1.29, 1.82) is 0 Å². The van der Waals surface area contributed by atoms with E-state index in [1.165, 1.54) is 11.1 Å². The summed E-state index contributed by atoms with van der Waals surface area (Å²) in [5, 5.41) is 21.8. The van der Waals surface area contributed by atoms with E-state index in [1.54, 1.807) is 31.4 Å². The second-order valence-corrected chi connectivity index (χ2v) is 12.4. The van der Waals surface area contributed by atoms with Crippen LogP contribution in [0.4, 0.5) is 0 Å². The summed E-state index contributed by atoms with van der Waals surface area (Å²) in [6.07, 6.45) is 6.27. The highest BCUT2D eigenvalue weighted by molar-refractivity contribution is 9.09. The molecular formula is C26H38O2S3. The Kier molecular flexibility index (Phi) is 11.0. The van der Waals surface area contributed by atoms with Gasteiger partial charge in [0.2, 0.25) is 0 Å². The predicted molar refractivity (Wildman–Crippen MR) is 141 cm³/mol. The third-order valence-electron chi connectivity index (χ3n) is 5.90. The van der Waals surface area contributed by atoms with E-state index in [2.05, 4.69) is 65.8 Å². The lowest BCUT2D eigenvalue weighted by Crippen LogP contribution is -1.97. The van der Waals surface area contributed by atoms with E-state index in [9.17, 15) is 10.2 Å². The van der Waals surface area contributed by atoms with Gasteiger partial charge in [-0.2, -0.15) is 0 Å². The number of hydrogen-bond acceptors (Lipinski definition) is 5. The van der Waals surface area contributed by atoms with Gasteiger partial charge in [-0.1, -0.05) is 66.5 Å². The van der Waals surface area contributed by atoms with Crippen molar-refractivity contribution >= 4 is 31.4 Å². The fraction of sp³-hybridized carbons (Fsp3) is 0.538. The zero-order valence-electron chi connectivity index (χ0n) is 19.8. The number of rotatable bonds is 12. The smallest absolute Gasteiger partial charge is 0.133 e. The molecule has 0 saturated heterocycles. The standard InChI is InChI=1S/C26H38O2S3/c1-7-11-17(5)21-13-19(9-3)15-23(25(21)27)29-31-30-24-16-20(10-4)14-22(26(24)28)18(6)12-8-2/h13-18,27-28H,7-12H2,1-6H3. The molecule has 2 rings (SSSR count). The second kappa shape index (κ2) is 13.0. The Balaban J connectivity index is 2.23. The molecule has 0 aliphatic rings. The van der Waals surface area contributed by atoms with E-state index < -0.39 is 0 Å². The fourth-order valence-corrected chi connectivity index (χ4v) is 7.83. The number of hydrogen-bond donors (Lipinski definition) is 2. The molecule has 2 unspecified atom stereocenters. The van der Waals surface area contributed by atoms with E-state index in [0.29, 0.717) is 23.3 Å². The molecule has 0 heterocycles. The van der Waals surface area contributed by atoms with Crippen molar-refractivity contribution in [2.75, 3.05) is 0 Å². The summed E-state index contributed by atoms with van der Waals surface area (Å²) in [6, 6.07) is 8.53. The Labute approximate surface area is 200 Å². The lowest BCUT2D eigenvalue weighted by Gasteiger charge is -2.18. The van der Waals surface area contributed by atoms with E-state index in [-0.39, 0.29) is 0 Å². The molecule has 0 aliphatic carbocycles. The average molecular weight is 479 g/mol. The monoisotopic (exact) mass is 478 g/mol. The van der Waals surface area contributed by atoms with Crippen molar-refractivity contribution < 1.29 is 10.2 Å². The van der Waals surface area contributed by atoms with Crippen LogP contribution in [0.1, 0.15) is 101 Å². The van der Waals surface area contributed by atoms with Gasteiger partial charge in [0.25, 0.3) is 0 Å². The zero-order chi connectivity index (χ0) is 23.0. The Morgan fingerprint density at radius 3 is 1.39 bits per heavy atom. The van der Waals surface area contributed by atoms with Crippen LogP contribution in [0, 0.1) is 0 Å². The van der Waals surface area contributed by atoms with Crippen LogP contribution in [-0.4, -0.2) is 10.2 Å². The summed E-state index contributed by atoms with van der Waals surface area (Å²) in [5.41, 5.74) is 4.63. The van der Waals surface area contributed by atoms with Crippen LogP contribution in [0.2, 0.25) is 0 Å². The molecule has 0 fully saturated rings. The quantitative estimate of drug-likeness (QED) is 0.297. The Hall–Kier alpha value is -0.910. The molecule has 172 valence electrons. The molecule has 31 heavy (non-hydrogen) atoms. The minimum absolute atomic E-state index is 0.349. The highest BCUT2D eigenvalue weighted by atomic mass is 33.5. The molecule has 0 aliphatic heterocycles. The zero-order valence-corrected chi connectivity index (χ0v) is 22.3. The van der Waals surface area contributed by atoms with Crippen LogP contribution in [0.15, 0.2) is 34.1 Å². The summed E-state index contributed by atoms with van der Waals surface area (Å²) in [5.74, 6) is 1.53. The van der Waals surface area contributed by atoms with E-state index in [1.807, 2.05) is 0 Å². The molecular weight excluding hydrogens is 440 g/mol. The van der Waals surface area contributed by atoms with Crippen molar-refractivity contribution in [2.45, 2.75) is 102 Å².